The van der Waals surface area contributed by atoms with E-state index in [1.807, 2.05) is 0 Å². The molecule has 0 fully saturated rings. The molecule has 0 unspecified atom stereocenters. The van der Waals surface area contributed by atoms with Gasteiger partial charge in [-0.1, -0.05) is 12.1 Å². The van der Waals surface area contributed by atoms with Crippen molar-refractivity contribution in [3.05, 3.63) is 68.8 Å². The standard InChI is InChI=1S/C12H8N2O5S/c15-13(16)9-3-1-5-11(7-9)20(19)12-6-2-4-10(8-12)14(17)18/h1-8H. The van der Waals surface area contributed by atoms with E-state index in [1.54, 1.807) is 0 Å². The van der Waals surface area contributed by atoms with E-state index in [0.717, 1.165) is 0 Å². The summed E-state index contributed by atoms with van der Waals surface area (Å²) in [5.41, 5.74) is -0.359. The first-order valence-corrected chi connectivity index (χ1v) is 6.54. The van der Waals surface area contributed by atoms with Crippen molar-refractivity contribution in [2.75, 3.05) is 0 Å². The van der Waals surface area contributed by atoms with Crippen LogP contribution in [0.15, 0.2) is 58.3 Å². The van der Waals surface area contributed by atoms with Gasteiger partial charge in [0.15, 0.2) is 0 Å². The molecule has 0 saturated carbocycles. The van der Waals surface area contributed by atoms with Crippen LogP contribution in [0.2, 0.25) is 0 Å². The van der Waals surface area contributed by atoms with E-state index < -0.39 is 20.6 Å². The molecule has 2 aromatic rings. The molecule has 0 saturated heterocycles. The van der Waals surface area contributed by atoms with E-state index in [9.17, 15) is 24.4 Å². The van der Waals surface area contributed by atoms with E-state index >= 15 is 0 Å². The second-order valence-corrected chi connectivity index (χ2v) is 5.26. The molecule has 2 aromatic carbocycles. The Labute approximate surface area is 115 Å². The van der Waals surface area contributed by atoms with E-state index in [2.05, 4.69) is 0 Å². The minimum atomic E-state index is -1.71. The van der Waals surface area contributed by atoms with Crippen LogP contribution in [0.3, 0.4) is 0 Å². The molecule has 0 heterocycles. The molecule has 0 aliphatic carbocycles. The van der Waals surface area contributed by atoms with E-state index in [1.165, 1.54) is 48.5 Å². The highest BCUT2D eigenvalue weighted by Gasteiger charge is 2.14. The molecule has 0 aliphatic heterocycles. The lowest BCUT2D eigenvalue weighted by molar-refractivity contribution is -0.385. The highest BCUT2D eigenvalue weighted by molar-refractivity contribution is 7.85. The lowest BCUT2D eigenvalue weighted by atomic mass is 10.3. The third-order valence-electron chi connectivity index (χ3n) is 2.49. The summed E-state index contributed by atoms with van der Waals surface area (Å²) in [5.74, 6) is 0. The maximum atomic E-state index is 12.3. The number of hydrogen-bond donors (Lipinski definition) is 0. The Morgan fingerprint density at radius 3 is 1.55 bits per heavy atom. The summed E-state index contributed by atoms with van der Waals surface area (Å²) in [7, 11) is -1.71. The van der Waals surface area contributed by atoms with Crippen LogP contribution in [0, 0.1) is 20.2 Å². The van der Waals surface area contributed by atoms with Crippen molar-refractivity contribution < 1.29 is 14.1 Å². The van der Waals surface area contributed by atoms with Crippen molar-refractivity contribution >= 4 is 22.2 Å². The number of nitro benzene ring substituents is 2. The molecule has 0 aliphatic rings. The van der Waals surface area contributed by atoms with Crippen LogP contribution in [0.4, 0.5) is 11.4 Å². The third-order valence-corrected chi connectivity index (χ3v) is 3.85. The zero-order valence-corrected chi connectivity index (χ0v) is 10.8. The van der Waals surface area contributed by atoms with Gasteiger partial charge in [0.05, 0.1) is 30.4 Å². The van der Waals surface area contributed by atoms with Crippen molar-refractivity contribution in [1.29, 1.82) is 0 Å². The van der Waals surface area contributed by atoms with Crippen LogP contribution < -0.4 is 0 Å². The van der Waals surface area contributed by atoms with E-state index in [0.29, 0.717) is 0 Å². The van der Waals surface area contributed by atoms with Crippen molar-refractivity contribution in [3.63, 3.8) is 0 Å². The van der Waals surface area contributed by atoms with Gasteiger partial charge in [-0.2, -0.15) is 0 Å². The largest absolute Gasteiger partial charge is 0.270 e. The number of benzene rings is 2. The molecule has 8 heteroatoms. The van der Waals surface area contributed by atoms with Crippen LogP contribution in [0.25, 0.3) is 0 Å². The molecular weight excluding hydrogens is 284 g/mol. The zero-order valence-electron chi connectivity index (χ0n) is 9.96. The highest BCUT2D eigenvalue weighted by atomic mass is 32.2. The zero-order chi connectivity index (χ0) is 14.7. The Morgan fingerprint density at radius 2 is 1.20 bits per heavy atom. The smallest absolute Gasteiger partial charge is 0.258 e. The summed E-state index contributed by atoms with van der Waals surface area (Å²) in [6.45, 7) is 0. The lowest BCUT2D eigenvalue weighted by Gasteiger charge is -2.02. The molecular formula is C12H8N2O5S. The average molecular weight is 292 g/mol. The predicted octanol–water partition coefficient (Wildman–Crippen LogP) is 2.67. The Morgan fingerprint density at radius 1 is 0.800 bits per heavy atom. The molecule has 0 N–H and O–H groups in total. The van der Waals surface area contributed by atoms with Gasteiger partial charge in [0.25, 0.3) is 11.4 Å². The molecule has 102 valence electrons. The van der Waals surface area contributed by atoms with Gasteiger partial charge in [-0.15, -0.1) is 0 Å². The summed E-state index contributed by atoms with van der Waals surface area (Å²) >= 11 is 0. The van der Waals surface area contributed by atoms with Gasteiger partial charge in [-0.05, 0) is 12.1 Å². The summed E-state index contributed by atoms with van der Waals surface area (Å²) in [4.78, 5) is 20.6. The Bertz CT molecular complexity index is 657. The normalized spacial score (nSPS) is 10.4. The van der Waals surface area contributed by atoms with Gasteiger partial charge >= 0.3 is 0 Å². The fourth-order valence-electron chi connectivity index (χ4n) is 1.56. The molecule has 0 spiro atoms. The fraction of sp³-hybridized carbons (Fsp3) is 0. The van der Waals surface area contributed by atoms with Crippen LogP contribution in [0.1, 0.15) is 0 Å². The number of non-ortho nitro benzene ring substituents is 2. The molecule has 0 bridgehead atoms. The molecule has 0 aromatic heterocycles. The molecule has 20 heavy (non-hydrogen) atoms. The number of hydrogen-bond acceptors (Lipinski definition) is 5. The highest BCUT2D eigenvalue weighted by Crippen LogP contribution is 2.23. The average Bonchev–Trinajstić information content (AvgIpc) is 2.46. The van der Waals surface area contributed by atoms with E-state index in [4.69, 9.17) is 0 Å². The van der Waals surface area contributed by atoms with Gasteiger partial charge in [0, 0.05) is 24.3 Å². The van der Waals surface area contributed by atoms with Gasteiger partial charge in [-0.25, -0.2) is 4.21 Å². The van der Waals surface area contributed by atoms with Gasteiger partial charge in [0.2, 0.25) is 0 Å². The SMILES string of the molecule is O=[N+]([O-])c1cccc(S(=O)c2cccc([N+](=O)[O-])c2)c1. The number of rotatable bonds is 4. The van der Waals surface area contributed by atoms with Crippen molar-refractivity contribution in [2.24, 2.45) is 0 Å². The van der Waals surface area contributed by atoms with E-state index in [-0.39, 0.29) is 21.2 Å². The van der Waals surface area contributed by atoms with Crippen molar-refractivity contribution in [3.8, 4) is 0 Å². The number of nitrogens with zero attached hydrogens (tertiary/aromatic N) is 2. The molecule has 0 amide bonds. The van der Waals surface area contributed by atoms with Gasteiger partial charge in [0.1, 0.15) is 0 Å². The fourth-order valence-corrected chi connectivity index (χ4v) is 2.69. The van der Waals surface area contributed by atoms with Gasteiger partial charge in [-0.3, -0.25) is 20.2 Å². The van der Waals surface area contributed by atoms with Gasteiger partial charge < -0.3 is 0 Å². The van der Waals surface area contributed by atoms with Crippen molar-refractivity contribution in [2.45, 2.75) is 9.79 Å². The maximum Gasteiger partial charge on any atom is 0.270 e. The second-order valence-electron chi connectivity index (χ2n) is 3.78. The first-order valence-electron chi connectivity index (χ1n) is 5.40. The Balaban J connectivity index is 2.41. The second kappa shape index (κ2) is 5.57. The molecule has 7 nitrogen and oxygen atoms in total. The summed E-state index contributed by atoms with van der Waals surface area (Å²) in [5, 5.41) is 21.3. The molecule has 0 radical (unpaired) electrons. The quantitative estimate of drug-likeness (QED) is 0.636. The predicted molar refractivity (Wildman–Crippen MR) is 70.9 cm³/mol. The summed E-state index contributed by atoms with van der Waals surface area (Å²) in [6, 6.07) is 10.7. The Kier molecular flexibility index (Phi) is 3.85. The number of nitro groups is 2. The summed E-state index contributed by atoms with van der Waals surface area (Å²) < 4.78 is 12.3. The maximum absolute atomic E-state index is 12.3. The molecule has 0 atom stereocenters. The molecule has 2 rings (SSSR count). The van der Waals surface area contributed by atoms with Crippen LogP contribution >= 0.6 is 0 Å². The minimum absolute atomic E-state index is 0.179. The summed E-state index contributed by atoms with van der Waals surface area (Å²) in [6.07, 6.45) is 0. The third kappa shape index (κ3) is 2.86. The van der Waals surface area contributed by atoms with Crippen LogP contribution in [-0.2, 0) is 10.8 Å². The van der Waals surface area contributed by atoms with Crippen LogP contribution in [-0.4, -0.2) is 14.1 Å². The Hall–Kier alpha value is -2.61. The monoisotopic (exact) mass is 292 g/mol. The first kappa shape index (κ1) is 13.8. The first-order chi connectivity index (χ1) is 9.49. The lowest BCUT2D eigenvalue weighted by Crippen LogP contribution is -1.96. The van der Waals surface area contributed by atoms with Crippen LogP contribution in [0.5, 0.6) is 0 Å². The topological polar surface area (TPSA) is 103 Å². The minimum Gasteiger partial charge on any atom is -0.258 e. The van der Waals surface area contributed by atoms with Crippen molar-refractivity contribution in [1.82, 2.24) is 0 Å².